The van der Waals surface area contributed by atoms with Crippen LogP contribution >= 0.6 is 0 Å². The summed E-state index contributed by atoms with van der Waals surface area (Å²) in [7, 11) is 1.92. The Morgan fingerprint density at radius 2 is 2.23 bits per heavy atom. The molecule has 0 aliphatic carbocycles. The molecule has 1 amide bonds. The number of hydrogen-bond donors (Lipinski definition) is 1. The molecule has 1 atom stereocenters. The average molecular weight is 368 g/mol. The Labute approximate surface area is 151 Å². The van der Waals surface area contributed by atoms with Crippen LogP contribution < -0.4 is 10.1 Å². The van der Waals surface area contributed by atoms with Gasteiger partial charge in [-0.3, -0.25) is 9.47 Å². The van der Waals surface area contributed by atoms with Gasteiger partial charge in [0.15, 0.2) is 0 Å². The molecule has 11 heteroatoms. The summed E-state index contributed by atoms with van der Waals surface area (Å²) in [5, 5.41) is 13.9. The van der Waals surface area contributed by atoms with E-state index in [0.717, 1.165) is 26.2 Å². The van der Waals surface area contributed by atoms with Crippen LogP contribution in [0.2, 0.25) is 0 Å². The zero-order valence-corrected chi connectivity index (χ0v) is 14.8. The van der Waals surface area contributed by atoms with Gasteiger partial charge in [-0.2, -0.15) is 0 Å². The maximum Gasteiger partial charge on any atom is 0.414 e. The lowest BCUT2D eigenvalue weighted by Crippen LogP contribution is -2.50. The highest BCUT2D eigenvalue weighted by Gasteiger charge is 2.29. The third kappa shape index (κ3) is 4.41. The van der Waals surface area contributed by atoms with Crippen LogP contribution in [0, 0.1) is 16.0 Å². The van der Waals surface area contributed by atoms with Gasteiger partial charge < -0.3 is 29.8 Å². The first-order chi connectivity index (χ1) is 12.6. The second kappa shape index (κ2) is 8.32. The molecule has 0 bridgehead atoms. The van der Waals surface area contributed by atoms with Crippen molar-refractivity contribution in [1.82, 2.24) is 24.7 Å². The number of ether oxygens (including phenoxy) is 2. The third-order valence-electron chi connectivity index (χ3n) is 4.57. The van der Waals surface area contributed by atoms with Crippen LogP contribution in [0.1, 0.15) is 0 Å². The number of carbonyl (C=O) groups is 1. The van der Waals surface area contributed by atoms with Gasteiger partial charge in [-0.15, -0.1) is 0 Å². The normalized spacial score (nSPS) is 20.3. The highest BCUT2D eigenvalue weighted by molar-refractivity contribution is 5.67. The highest BCUT2D eigenvalue weighted by Crippen LogP contribution is 2.23. The minimum atomic E-state index is -0.556. The van der Waals surface area contributed by atoms with E-state index < -0.39 is 4.92 Å². The van der Waals surface area contributed by atoms with Crippen molar-refractivity contribution in [3.63, 3.8) is 0 Å². The molecule has 1 aromatic heterocycles. The Bertz CT molecular complexity index is 642. The van der Waals surface area contributed by atoms with Crippen LogP contribution in [0.3, 0.4) is 0 Å². The summed E-state index contributed by atoms with van der Waals surface area (Å²) in [6.07, 6.45) is 1.02. The lowest BCUT2D eigenvalue weighted by Gasteiger charge is -2.34. The van der Waals surface area contributed by atoms with Crippen molar-refractivity contribution in [3.05, 3.63) is 16.3 Å². The molecular weight excluding hydrogens is 344 g/mol. The molecule has 1 fully saturated rings. The fourth-order valence-electron chi connectivity index (χ4n) is 3.05. The van der Waals surface area contributed by atoms with Crippen LogP contribution in [0.15, 0.2) is 6.20 Å². The number of carbonyl (C=O) groups excluding carboxylic acids is 1. The molecule has 0 saturated carbocycles. The third-order valence-corrected chi connectivity index (χ3v) is 4.57. The summed E-state index contributed by atoms with van der Waals surface area (Å²) in [6, 6.07) is 0.233. The summed E-state index contributed by atoms with van der Waals surface area (Å²) in [5.74, 6) is -0.300. The molecule has 0 spiro atoms. The Hall–Kier alpha value is -2.40. The standard InChI is InChI=1S/C15H24N6O5/c1-16-2-3-18-4-6-19(7-5-18)15(22)26-11-12-8-20-9-13(21(23)24)17-14(20)25-10-12/h9,12,16H,2-8,10-11H2,1H3/t12-/m0/s1. The van der Waals surface area contributed by atoms with Gasteiger partial charge in [-0.05, 0) is 12.0 Å². The van der Waals surface area contributed by atoms with Crippen molar-refractivity contribution in [2.45, 2.75) is 6.54 Å². The van der Waals surface area contributed by atoms with E-state index in [-0.39, 0.29) is 30.4 Å². The first-order valence-corrected chi connectivity index (χ1v) is 8.70. The fourth-order valence-corrected chi connectivity index (χ4v) is 3.05. The predicted octanol–water partition coefficient (Wildman–Crippen LogP) is -0.226. The number of imidazole rings is 1. The lowest BCUT2D eigenvalue weighted by atomic mass is 10.1. The Morgan fingerprint density at radius 3 is 2.92 bits per heavy atom. The quantitative estimate of drug-likeness (QED) is 0.541. The topological polar surface area (TPSA) is 115 Å². The number of aromatic nitrogens is 2. The van der Waals surface area contributed by atoms with Crippen LogP contribution in [-0.4, -0.2) is 89.9 Å². The average Bonchev–Trinajstić information content (AvgIpc) is 3.08. The fraction of sp³-hybridized carbons (Fsp3) is 0.733. The maximum atomic E-state index is 12.2. The van der Waals surface area contributed by atoms with Gasteiger partial charge in [0.05, 0.1) is 0 Å². The van der Waals surface area contributed by atoms with E-state index in [0.29, 0.717) is 26.2 Å². The van der Waals surface area contributed by atoms with E-state index in [2.05, 4.69) is 15.2 Å². The number of likely N-dealkylation sites (N-methyl/N-ethyl adjacent to an activating group) is 1. The summed E-state index contributed by atoms with van der Waals surface area (Å²) >= 11 is 0. The largest absolute Gasteiger partial charge is 0.449 e. The summed E-state index contributed by atoms with van der Waals surface area (Å²) in [6.45, 7) is 5.89. The number of amides is 1. The van der Waals surface area contributed by atoms with Gasteiger partial charge in [0.25, 0.3) is 0 Å². The lowest BCUT2D eigenvalue weighted by molar-refractivity contribution is -0.389. The molecule has 1 saturated heterocycles. The van der Waals surface area contributed by atoms with E-state index in [1.54, 1.807) is 9.47 Å². The van der Waals surface area contributed by atoms with Crippen LogP contribution in [0.5, 0.6) is 6.01 Å². The zero-order valence-electron chi connectivity index (χ0n) is 14.8. The van der Waals surface area contributed by atoms with Crippen LogP contribution in [0.4, 0.5) is 10.6 Å². The molecule has 1 aromatic rings. The molecule has 2 aliphatic rings. The van der Waals surface area contributed by atoms with Crippen molar-refractivity contribution >= 4 is 11.9 Å². The number of piperazine rings is 1. The number of nitrogens with zero attached hydrogens (tertiary/aromatic N) is 5. The zero-order chi connectivity index (χ0) is 18.5. The molecule has 0 radical (unpaired) electrons. The SMILES string of the molecule is CNCCN1CCN(C(=O)OC[C@@H]2COc3nc([N+](=O)[O-])cn3C2)CC1. The van der Waals surface area contributed by atoms with Crippen LogP contribution in [0.25, 0.3) is 0 Å². The monoisotopic (exact) mass is 368 g/mol. The molecule has 1 N–H and O–H groups in total. The number of nitro groups is 1. The van der Waals surface area contributed by atoms with Crippen molar-refractivity contribution < 1.29 is 19.2 Å². The molecule has 26 heavy (non-hydrogen) atoms. The van der Waals surface area contributed by atoms with E-state index >= 15 is 0 Å². The Balaban J connectivity index is 1.42. The molecule has 0 unspecified atom stereocenters. The number of rotatable bonds is 6. The number of hydrogen-bond acceptors (Lipinski definition) is 8. The van der Waals surface area contributed by atoms with Gasteiger partial charge >= 0.3 is 17.9 Å². The maximum absolute atomic E-state index is 12.2. The summed E-state index contributed by atoms with van der Waals surface area (Å²) in [4.78, 5) is 30.3. The number of nitrogens with one attached hydrogen (secondary N) is 1. The molecule has 2 aliphatic heterocycles. The Morgan fingerprint density at radius 1 is 1.46 bits per heavy atom. The highest BCUT2D eigenvalue weighted by atomic mass is 16.6. The first kappa shape index (κ1) is 18.4. The van der Waals surface area contributed by atoms with E-state index in [9.17, 15) is 14.9 Å². The molecule has 144 valence electrons. The van der Waals surface area contributed by atoms with E-state index in [1.807, 2.05) is 7.05 Å². The van der Waals surface area contributed by atoms with Gasteiger partial charge in [0.1, 0.15) is 19.4 Å². The second-order valence-electron chi connectivity index (χ2n) is 6.48. The minimum Gasteiger partial charge on any atom is -0.449 e. The molecule has 11 nitrogen and oxygen atoms in total. The summed E-state index contributed by atoms with van der Waals surface area (Å²) < 4.78 is 12.4. The smallest absolute Gasteiger partial charge is 0.414 e. The van der Waals surface area contributed by atoms with Gasteiger partial charge in [-0.1, -0.05) is 0 Å². The van der Waals surface area contributed by atoms with Crippen molar-refractivity contribution in [2.24, 2.45) is 5.92 Å². The van der Waals surface area contributed by atoms with Crippen molar-refractivity contribution in [3.8, 4) is 6.01 Å². The predicted molar refractivity (Wildman–Crippen MR) is 91.2 cm³/mol. The first-order valence-electron chi connectivity index (χ1n) is 8.70. The van der Waals surface area contributed by atoms with Gasteiger partial charge in [0, 0.05) is 56.7 Å². The van der Waals surface area contributed by atoms with Gasteiger partial charge in [-0.25, -0.2) is 4.79 Å². The molecule has 3 heterocycles. The second-order valence-corrected chi connectivity index (χ2v) is 6.48. The Kier molecular flexibility index (Phi) is 5.89. The molecule has 0 aromatic carbocycles. The van der Waals surface area contributed by atoms with Crippen molar-refractivity contribution in [1.29, 1.82) is 0 Å². The molecular formula is C15H24N6O5. The van der Waals surface area contributed by atoms with E-state index in [4.69, 9.17) is 9.47 Å². The van der Waals surface area contributed by atoms with E-state index in [1.165, 1.54) is 6.20 Å². The van der Waals surface area contributed by atoms with Crippen molar-refractivity contribution in [2.75, 3.05) is 59.5 Å². The summed E-state index contributed by atoms with van der Waals surface area (Å²) in [5.41, 5.74) is 0. The molecule has 3 rings (SSSR count). The van der Waals surface area contributed by atoms with Crippen LogP contribution in [-0.2, 0) is 11.3 Å². The van der Waals surface area contributed by atoms with Gasteiger partial charge in [0.2, 0.25) is 0 Å². The number of fused-ring (bicyclic) bond motifs is 1. The minimum absolute atomic E-state index is 0.0582.